The van der Waals surface area contributed by atoms with Crippen LogP contribution in [0.25, 0.3) is 16.7 Å². The van der Waals surface area contributed by atoms with Crippen LogP contribution in [-0.4, -0.2) is 32.0 Å². The molecule has 11 heteroatoms. The first-order valence-corrected chi connectivity index (χ1v) is 9.38. The monoisotopic (exact) mass is 443 g/mol. The van der Waals surface area contributed by atoms with Crippen molar-refractivity contribution >= 4 is 17.1 Å². The van der Waals surface area contributed by atoms with Gasteiger partial charge in [0.05, 0.1) is 18.2 Å². The van der Waals surface area contributed by atoms with Crippen LogP contribution in [-0.2, 0) is 11.3 Å². The maximum Gasteiger partial charge on any atom is 0.412 e. The van der Waals surface area contributed by atoms with Crippen molar-refractivity contribution in [3.63, 3.8) is 0 Å². The summed E-state index contributed by atoms with van der Waals surface area (Å²) in [6, 6.07) is 11.5. The lowest BCUT2D eigenvalue weighted by Gasteiger charge is -2.22. The quantitative estimate of drug-likeness (QED) is 0.490. The molecule has 0 aliphatic carbocycles. The first-order chi connectivity index (χ1) is 15.3. The largest absolute Gasteiger partial charge is 0.445 e. The fourth-order valence-corrected chi connectivity index (χ4v) is 3.09. The minimum Gasteiger partial charge on any atom is -0.445 e. The van der Waals surface area contributed by atoms with Crippen LogP contribution in [0.4, 0.5) is 18.0 Å². The Balaban J connectivity index is 1.53. The Morgan fingerprint density at radius 2 is 1.84 bits per heavy atom. The lowest BCUT2D eigenvalue weighted by Crippen LogP contribution is -2.38. The van der Waals surface area contributed by atoms with Crippen molar-refractivity contribution in [3.8, 4) is 5.69 Å². The average Bonchev–Trinajstić information content (AvgIpc) is 3.22. The Morgan fingerprint density at radius 1 is 1.12 bits per heavy atom. The Kier molecular flexibility index (Phi) is 5.63. The van der Waals surface area contributed by atoms with Gasteiger partial charge in [0.25, 0.3) is 5.56 Å². The zero-order chi connectivity index (χ0) is 22.7. The molecular weight excluding hydrogens is 427 g/mol. The number of amides is 1. The van der Waals surface area contributed by atoms with E-state index in [1.165, 1.54) is 41.5 Å². The van der Waals surface area contributed by atoms with Crippen molar-refractivity contribution in [1.82, 2.24) is 25.1 Å². The van der Waals surface area contributed by atoms with E-state index in [-0.39, 0.29) is 28.8 Å². The molecule has 1 unspecified atom stereocenters. The van der Waals surface area contributed by atoms with Gasteiger partial charge in [0, 0.05) is 0 Å². The molecule has 1 amide bonds. The summed E-state index contributed by atoms with van der Waals surface area (Å²) in [4.78, 5) is 30.3. The second-order valence-electron chi connectivity index (χ2n) is 6.80. The molecule has 1 atom stereocenters. The van der Waals surface area contributed by atoms with Gasteiger partial charge in [-0.25, -0.2) is 14.5 Å². The number of ether oxygens (including phenoxy) is 1. The van der Waals surface area contributed by atoms with Gasteiger partial charge in [-0.1, -0.05) is 42.5 Å². The molecule has 0 radical (unpaired) electrons. The van der Waals surface area contributed by atoms with Crippen molar-refractivity contribution in [1.29, 1.82) is 0 Å². The minimum atomic E-state index is -4.75. The number of halogens is 3. The van der Waals surface area contributed by atoms with Gasteiger partial charge < -0.3 is 15.0 Å². The molecule has 2 heterocycles. The van der Waals surface area contributed by atoms with Crippen LogP contribution < -0.4 is 10.9 Å². The molecule has 8 nitrogen and oxygen atoms in total. The van der Waals surface area contributed by atoms with E-state index in [1.54, 1.807) is 30.3 Å². The van der Waals surface area contributed by atoms with Crippen molar-refractivity contribution in [2.75, 3.05) is 0 Å². The van der Waals surface area contributed by atoms with Crippen LogP contribution in [0.1, 0.15) is 17.2 Å². The third-order valence-electron chi connectivity index (χ3n) is 4.64. The number of aromatic amines is 1. The summed E-state index contributed by atoms with van der Waals surface area (Å²) in [5.41, 5.74) is 0.730. The fourth-order valence-electron chi connectivity index (χ4n) is 3.09. The molecule has 0 saturated heterocycles. The number of H-pyrrole nitrogens is 1. The number of rotatable bonds is 5. The lowest BCUT2D eigenvalue weighted by molar-refractivity contribution is -0.156. The summed E-state index contributed by atoms with van der Waals surface area (Å²) < 4.78 is 47.1. The van der Waals surface area contributed by atoms with Gasteiger partial charge in [-0.15, -0.1) is 0 Å². The Morgan fingerprint density at radius 3 is 2.53 bits per heavy atom. The smallest absolute Gasteiger partial charge is 0.412 e. The summed E-state index contributed by atoms with van der Waals surface area (Å²) >= 11 is 0. The first-order valence-electron chi connectivity index (χ1n) is 9.38. The SMILES string of the molecule is O=C(NC(c1ccc(-n2ncc3c(=O)[nH]cnc32)cc1)C(F)(F)F)OCc1ccccc1. The molecule has 164 valence electrons. The molecule has 0 bridgehead atoms. The predicted octanol–water partition coefficient (Wildman–Crippen LogP) is 3.64. The highest BCUT2D eigenvalue weighted by Gasteiger charge is 2.42. The molecule has 0 aliphatic heterocycles. The molecule has 2 N–H and O–H groups in total. The van der Waals surface area contributed by atoms with Gasteiger partial charge in [-0.2, -0.15) is 18.3 Å². The van der Waals surface area contributed by atoms with Gasteiger partial charge in [0.15, 0.2) is 11.7 Å². The Labute approximate surface area is 178 Å². The molecule has 4 aromatic rings. The molecule has 0 fully saturated rings. The maximum absolute atomic E-state index is 13.6. The highest BCUT2D eigenvalue weighted by Crippen LogP contribution is 2.33. The van der Waals surface area contributed by atoms with Crippen molar-refractivity contribution in [2.45, 2.75) is 18.8 Å². The van der Waals surface area contributed by atoms with Gasteiger partial charge in [0.1, 0.15) is 12.0 Å². The standard InChI is InChI=1S/C21H16F3N5O3/c22-21(23,24)17(28-20(31)32-11-13-4-2-1-3-5-13)14-6-8-15(9-7-14)29-18-16(10-27-29)19(30)26-12-25-18/h1-10,12,17H,11H2,(H,28,31)(H,25,26,30). The van der Waals surface area contributed by atoms with E-state index in [0.29, 0.717) is 11.3 Å². The van der Waals surface area contributed by atoms with Crippen LogP contribution in [0.5, 0.6) is 0 Å². The summed E-state index contributed by atoms with van der Waals surface area (Å²) in [6.45, 7) is -0.158. The van der Waals surface area contributed by atoms with E-state index in [2.05, 4.69) is 15.1 Å². The number of aromatic nitrogens is 4. The van der Waals surface area contributed by atoms with Crippen molar-refractivity contribution in [3.05, 3.63) is 88.6 Å². The van der Waals surface area contributed by atoms with Crippen molar-refractivity contribution in [2.24, 2.45) is 0 Å². The summed E-state index contributed by atoms with van der Waals surface area (Å²) in [6.07, 6.45) is -3.41. The van der Waals surface area contributed by atoms with Crippen LogP contribution >= 0.6 is 0 Å². The van der Waals surface area contributed by atoms with E-state index < -0.39 is 18.3 Å². The van der Waals surface area contributed by atoms with E-state index >= 15 is 0 Å². The second-order valence-corrected chi connectivity index (χ2v) is 6.80. The number of carbonyl (C=O) groups is 1. The molecule has 0 aliphatic rings. The Hall–Kier alpha value is -4.15. The number of nitrogens with zero attached hydrogens (tertiary/aromatic N) is 3. The maximum atomic E-state index is 13.6. The molecule has 2 aromatic heterocycles. The van der Waals surface area contributed by atoms with Gasteiger partial charge in [0.2, 0.25) is 0 Å². The van der Waals surface area contributed by atoms with E-state index in [4.69, 9.17) is 4.74 Å². The number of fused-ring (bicyclic) bond motifs is 1. The highest BCUT2D eigenvalue weighted by atomic mass is 19.4. The number of carbonyl (C=O) groups excluding carboxylic acids is 1. The molecule has 0 saturated carbocycles. The molecular formula is C21H16F3N5O3. The fraction of sp³-hybridized carbons (Fsp3) is 0.143. The molecule has 4 rings (SSSR count). The number of alkyl halides is 3. The third-order valence-corrected chi connectivity index (χ3v) is 4.64. The predicted molar refractivity (Wildman–Crippen MR) is 108 cm³/mol. The van der Waals surface area contributed by atoms with E-state index in [0.717, 1.165) is 0 Å². The number of nitrogens with one attached hydrogen (secondary N) is 2. The molecule has 32 heavy (non-hydrogen) atoms. The van der Waals surface area contributed by atoms with Crippen molar-refractivity contribution < 1.29 is 22.7 Å². The summed E-state index contributed by atoms with van der Waals surface area (Å²) in [5, 5.41) is 6.18. The highest BCUT2D eigenvalue weighted by molar-refractivity contribution is 5.74. The van der Waals surface area contributed by atoms with Crippen LogP contribution in [0.3, 0.4) is 0 Å². The summed E-state index contributed by atoms with van der Waals surface area (Å²) in [7, 11) is 0. The lowest BCUT2D eigenvalue weighted by atomic mass is 10.1. The van der Waals surface area contributed by atoms with Gasteiger partial charge >= 0.3 is 12.3 Å². The van der Waals surface area contributed by atoms with Gasteiger partial charge in [-0.3, -0.25) is 4.79 Å². The van der Waals surface area contributed by atoms with Crippen LogP contribution in [0.2, 0.25) is 0 Å². The number of hydrogen-bond acceptors (Lipinski definition) is 5. The van der Waals surface area contributed by atoms with E-state index in [1.807, 2.05) is 5.32 Å². The topological polar surface area (TPSA) is 102 Å². The minimum absolute atomic E-state index is 0.158. The molecule has 2 aromatic carbocycles. The number of hydrogen-bond donors (Lipinski definition) is 2. The zero-order valence-electron chi connectivity index (χ0n) is 16.3. The third kappa shape index (κ3) is 4.46. The van der Waals surface area contributed by atoms with Crippen LogP contribution in [0.15, 0.2) is 71.9 Å². The second kappa shape index (κ2) is 8.53. The average molecular weight is 443 g/mol. The zero-order valence-corrected chi connectivity index (χ0v) is 16.3. The first kappa shape index (κ1) is 21.1. The number of alkyl carbamates (subject to hydrolysis) is 1. The van der Waals surface area contributed by atoms with E-state index in [9.17, 15) is 22.8 Å². The Bertz CT molecular complexity index is 1280. The van der Waals surface area contributed by atoms with Gasteiger partial charge in [-0.05, 0) is 23.3 Å². The molecule has 0 spiro atoms. The number of benzene rings is 2. The van der Waals surface area contributed by atoms with Crippen LogP contribution in [0, 0.1) is 0 Å². The normalized spacial score (nSPS) is 12.5. The summed E-state index contributed by atoms with van der Waals surface area (Å²) in [5.74, 6) is 0.